The Balaban J connectivity index is 1.93. The fourth-order valence-electron chi connectivity index (χ4n) is 2.13. The van der Waals surface area contributed by atoms with Crippen molar-refractivity contribution in [3.63, 3.8) is 0 Å². The van der Waals surface area contributed by atoms with E-state index in [1.54, 1.807) is 30.6 Å². The van der Waals surface area contributed by atoms with E-state index in [4.69, 9.17) is 9.47 Å². The van der Waals surface area contributed by atoms with E-state index in [0.717, 1.165) is 15.3 Å². The third-order valence-corrected chi connectivity index (χ3v) is 4.19. The molecule has 0 saturated heterocycles. The number of esters is 1. The Kier molecular flexibility index (Phi) is 5.71. The van der Waals surface area contributed by atoms with E-state index >= 15 is 0 Å². The van der Waals surface area contributed by atoms with Gasteiger partial charge in [-0.15, -0.1) is 11.3 Å². The molecule has 0 bridgehead atoms. The number of hydrogen-bond donors (Lipinski definition) is 0. The van der Waals surface area contributed by atoms with Crippen LogP contribution in [-0.2, 0) is 9.53 Å². The fraction of sp³-hybridized carbons (Fsp3) is 0.222. The minimum absolute atomic E-state index is 0.189. The van der Waals surface area contributed by atoms with Crippen LogP contribution >= 0.6 is 11.3 Å². The lowest BCUT2D eigenvalue weighted by molar-refractivity contribution is -0.136. The molecule has 2 aromatic rings. The van der Waals surface area contributed by atoms with Gasteiger partial charge in [0, 0.05) is 27.0 Å². The summed E-state index contributed by atoms with van der Waals surface area (Å²) in [4.78, 5) is 25.8. The number of ether oxygens (including phenoxy) is 2. The first-order valence-corrected chi connectivity index (χ1v) is 7.91. The summed E-state index contributed by atoms with van der Waals surface area (Å²) in [5.74, 6) is -0.0863. The third kappa shape index (κ3) is 4.53. The van der Waals surface area contributed by atoms with Crippen molar-refractivity contribution < 1.29 is 19.1 Å². The molecule has 0 radical (unpaired) electrons. The predicted octanol–water partition coefficient (Wildman–Crippen LogP) is 3.81. The Morgan fingerprint density at radius 1 is 1.22 bits per heavy atom. The van der Waals surface area contributed by atoms with Gasteiger partial charge in [0.15, 0.2) is 6.61 Å². The van der Waals surface area contributed by atoms with Gasteiger partial charge in [-0.05, 0) is 32.1 Å². The van der Waals surface area contributed by atoms with Crippen molar-refractivity contribution in [2.45, 2.75) is 13.8 Å². The number of Topliss-reactive ketones (excluding diaryl/α,β-unsaturated/α-hetero) is 1. The van der Waals surface area contributed by atoms with Crippen molar-refractivity contribution in [2.75, 3.05) is 13.7 Å². The van der Waals surface area contributed by atoms with Crippen molar-refractivity contribution in [1.82, 2.24) is 0 Å². The smallest absolute Gasteiger partial charge is 0.331 e. The molecule has 0 unspecified atom stereocenters. The first-order valence-electron chi connectivity index (χ1n) is 7.09. The normalized spacial score (nSPS) is 10.7. The average Bonchev–Trinajstić information content (AvgIpc) is 2.89. The summed E-state index contributed by atoms with van der Waals surface area (Å²) in [5.41, 5.74) is 1.39. The molecule has 0 aliphatic carbocycles. The molecule has 0 atom stereocenters. The number of para-hydroxylation sites is 1. The first-order chi connectivity index (χ1) is 11.0. The van der Waals surface area contributed by atoms with Crippen LogP contribution in [0.25, 0.3) is 6.08 Å². The first kappa shape index (κ1) is 17.0. The minimum Gasteiger partial charge on any atom is -0.496 e. The van der Waals surface area contributed by atoms with Crippen molar-refractivity contribution >= 4 is 29.2 Å². The SMILES string of the molecule is COc1ccccc1/C=C/C(=O)OCC(=O)c1cc(C)sc1C. The second-order valence-corrected chi connectivity index (χ2v) is 6.39. The Bertz CT molecular complexity index is 743. The van der Waals surface area contributed by atoms with Gasteiger partial charge in [-0.2, -0.15) is 0 Å². The van der Waals surface area contributed by atoms with E-state index in [1.165, 1.54) is 6.08 Å². The molecule has 2 rings (SSSR count). The number of thiophene rings is 1. The zero-order chi connectivity index (χ0) is 16.8. The second-order valence-electron chi connectivity index (χ2n) is 4.93. The molecule has 1 heterocycles. The van der Waals surface area contributed by atoms with E-state index in [1.807, 2.05) is 38.1 Å². The van der Waals surface area contributed by atoms with Crippen LogP contribution in [0.4, 0.5) is 0 Å². The second kappa shape index (κ2) is 7.74. The molecule has 5 heteroatoms. The van der Waals surface area contributed by atoms with Crippen LogP contribution in [0.1, 0.15) is 25.7 Å². The molecular weight excluding hydrogens is 312 g/mol. The van der Waals surface area contributed by atoms with Crippen molar-refractivity contribution in [1.29, 1.82) is 0 Å². The van der Waals surface area contributed by atoms with Gasteiger partial charge in [0.2, 0.25) is 5.78 Å². The molecule has 0 amide bonds. The van der Waals surface area contributed by atoms with E-state index in [9.17, 15) is 9.59 Å². The van der Waals surface area contributed by atoms with Crippen molar-refractivity contribution in [3.05, 3.63) is 57.3 Å². The highest BCUT2D eigenvalue weighted by Gasteiger charge is 2.13. The van der Waals surface area contributed by atoms with Crippen LogP contribution < -0.4 is 4.74 Å². The lowest BCUT2D eigenvalue weighted by Crippen LogP contribution is -2.12. The number of aryl methyl sites for hydroxylation is 2. The zero-order valence-corrected chi connectivity index (χ0v) is 14.1. The highest BCUT2D eigenvalue weighted by molar-refractivity contribution is 7.12. The van der Waals surface area contributed by atoms with Gasteiger partial charge in [0.05, 0.1) is 7.11 Å². The number of hydrogen-bond acceptors (Lipinski definition) is 5. The molecule has 0 aliphatic rings. The minimum atomic E-state index is -0.561. The number of carbonyl (C=O) groups excluding carboxylic acids is 2. The van der Waals surface area contributed by atoms with E-state index in [2.05, 4.69) is 0 Å². The Morgan fingerprint density at radius 3 is 2.61 bits per heavy atom. The highest BCUT2D eigenvalue weighted by atomic mass is 32.1. The van der Waals surface area contributed by atoms with Gasteiger partial charge in [0.1, 0.15) is 5.75 Å². The Labute approximate surface area is 139 Å². The molecule has 0 spiro atoms. The van der Waals surface area contributed by atoms with Crippen LogP contribution in [0.3, 0.4) is 0 Å². The number of ketones is 1. The molecule has 120 valence electrons. The molecule has 0 saturated carbocycles. The van der Waals surface area contributed by atoms with E-state index < -0.39 is 5.97 Å². The molecule has 23 heavy (non-hydrogen) atoms. The van der Waals surface area contributed by atoms with Crippen LogP contribution in [0.2, 0.25) is 0 Å². The summed E-state index contributed by atoms with van der Waals surface area (Å²) < 4.78 is 10.2. The summed E-state index contributed by atoms with van der Waals surface area (Å²) in [6, 6.07) is 9.14. The predicted molar refractivity (Wildman–Crippen MR) is 91.1 cm³/mol. The zero-order valence-electron chi connectivity index (χ0n) is 13.3. The maximum Gasteiger partial charge on any atom is 0.331 e. The lowest BCUT2D eigenvalue weighted by atomic mass is 10.2. The highest BCUT2D eigenvalue weighted by Crippen LogP contribution is 2.21. The van der Waals surface area contributed by atoms with E-state index in [-0.39, 0.29) is 12.4 Å². The molecule has 0 aliphatic heterocycles. The standard InChI is InChI=1S/C18H18O4S/c1-12-10-15(13(2)23-12)16(19)11-22-18(20)9-8-14-6-4-5-7-17(14)21-3/h4-10H,11H2,1-3H3/b9-8+. The Hall–Kier alpha value is -2.40. The number of carbonyl (C=O) groups is 2. The Morgan fingerprint density at radius 2 is 1.96 bits per heavy atom. The number of benzene rings is 1. The van der Waals surface area contributed by atoms with Gasteiger partial charge in [-0.1, -0.05) is 18.2 Å². The van der Waals surface area contributed by atoms with E-state index in [0.29, 0.717) is 11.3 Å². The summed E-state index contributed by atoms with van der Waals surface area (Å²) in [5, 5.41) is 0. The molecule has 0 fully saturated rings. The summed E-state index contributed by atoms with van der Waals surface area (Å²) >= 11 is 1.55. The van der Waals surface area contributed by atoms with Gasteiger partial charge in [-0.3, -0.25) is 4.79 Å². The topological polar surface area (TPSA) is 52.6 Å². The molecule has 1 aromatic heterocycles. The number of rotatable bonds is 6. The summed E-state index contributed by atoms with van der Waals surface area (Å²) in [6.07, 6.45) is 2.89. The third-order valence-electron chi connectivity index (χ3n) is 3.22. The monoisotopic (exact) mass is 330 g/mol. The van der Waals surface area contributed by atoms with Gasteiger partial charge < -0.3 is 9.47 Å². The molecule has 1 aromatic carbocycles. The quantitative estimate of drug-likeness (QED) is 0.459. The van der Waals surface area contributed by atoms with Crippen LogP contribution in [0, 0.1) is 13.8 Å². The van der Waals surface area contributed by atoms with Gasteiger partial charge in [0.25, 0.3) is 0 Å². The molecular formula is C18H18O4S. The van der Waals surface area contributed by atoms with Crippen LogP contribution in [0.5, 0.6) is 5.75 Å². The maximum atomic E-state index is 12.0. The number of methoxy groups -OCH3 is 1. The molecule has 0 N–H and O–H groups in total. The van der Waals surface area contributed by atoms with Crippen molar-refractivity contribution in [3.8, 4) is 5.75 Å². The van der Waals surface area contributed by atoms with Crippen LogP contribution in [0.15, 0.2) is 36.4 Å². The van der Waals surface area contributed by atoms with Crippen molar-refractivity contribution in [2.24, 2.45) is 0 Å². The summed E-state index contributed by atoms with van der Waals surface area (Å²) in [7, 11) is 1.56. The van der Waals surface area contributed by atoms with Gasteiger partial charge in [-0.25, -0.2) is 4.79 Å². The van der Waals surface area contributed by atoms with Crippen LogP contribution in [-0.4, -0.2) is 25.5 Å². The largest absolute Gasteiger partial charge is 0.496 e. The average molecular weight is 330 g/mol. The fourth-order valence-corrected chi connectivity index (χ4v) is 3.07. The summed E-state index contributed by atoms with van der Waals surface area (Å²) in [6.45, 7) is 3.57. The maximum absolute atomic E-state index is 12.0. The van der Waals surface area contributed by atoms with Gasteiger partial charge >= 0.3 is 5.97 Å². The molecule has 4 nitrogen and oxygen atoms in total. The lowest BCUT2D eigenvalue weighted by Gasteiger charge is -2.04.